The van der Waals surface area contributed by atoms with Crippen LogP contribution in [-0.4, -0.2) is 43.6 Å². The van der Waals surface area contributed by atoms with Crippen LogP contribution in [0.3, 0.4) is 0 Å². The summed E-state index contributed by atoms with van der Waals surface area (Å²) in [6.07, 6.45) is 1.56. The molecule has 8 nitrogen and oxygen atoms in total. The lowest BCUT2D eigenvalue weighted by Crippen LogP contribution is -2.39. The summed E-state index contributed by atoms with van der Waals surface area (Å²) in [6, 6.07) is 8.13. The average Bonchev–Trinajstić information content (AvgIpc) is 3.27. The van der Waals surface area contributed by atoms with Gasteiger partial charge in [-0.2, -0.15) is 5.10 Å². The van der Waals surface area contributed by atoms with Gasteiger partial charge in [0.2, 0.25) is 5.69 Å². The number of halogens is 1. The van der Waals surface area contributed by atoms with Gasteiger partial charge in [0.25, 0.3) is 5.91 Å². The summed E-state index contributed by atoms with van der Waals surface area (Å²) in [5.74, 6) is -0.0562. The number of nitrogens with zero attached hydrogens (tertiary/aromatic N) is 5. The molecular weight excluding hydrogens is 482 g/mol. The van der Waals surface area contributed by atoms with Gasteiger partial charge in [0.15, 0.2) is 0 Å². The van der Waals surface area contributed by atoms with E-state index in [0.29, 0.717) is 13.1 Å². The number of hydrogen-bond acceptors (Lipinski definition) is 6. The number of benzene rings is 1. The topological polar surface area (TPSA) is 94.2 Å². The summed E-state index contributed by atoms with van der Waals surface area (Å²) >= 11 is 5.17. The van der Waals surface area contributed by atoms with E-state index in [1.807, 2.05) is 12.1 Å². The standard InChI is InChI=1S/C21H22BrN5O3S/c1-12-18(27(29)30)19(25(3)24-12)21(28)26-10-8-15(9-11-26)20-23-17(13(2)31-20)14-4-6-16(22)7-5-14/h4-7,15H,8-11H2,1-3H3. The molecule has 162 valence electrons. The molecule has 31 heavy (non-hydrogen) atoms. The fourth-order valence-electron chi connectivity index (χ4n) is 4.05. The van der Waals surface area contributed by atoms with Crippen LogP contribution >= 0.6 is 27.3 Å². The van der Waals surface area contributed by atoms with Crippen LogP contribution in [-0.2, 0) is 7.05 Å². The fourth-order valence-corrected chi connectivity index (χ4v) is 5.43. The zero-order chi connectivity index (χ0) is 22.3. The Morgan fingerprint density at radius 1 is 1.23 bits per heavy atom. The average molecular weight is 504 g/mol. The molecule has 0 unspecified atom stereocenters. The number of aromatic nitrogens is 3. The maximum Gasteiger partial charge on any atom is 0.322 e. The number of piperidine rings is 1. The molecular formula is C21H22BrN5O3S. The van der Waals surface area contributed by atoms with E-state index in [4.69, 9.17) is 4.98 Å². The normalized spacial score (nSPS) is 14.8. The first-order valence-electron chi connectivity index (χ1n) is 9.96. The maximum atomic E-state index is 13.0. The second-order valence-electron chi connectivity index (χ2n) is 7.69. The number of likely N-dealkylation sites (tertiary alicyclic amines) is 1. The van der Waals surface area contributed by atoms with E-state index in [2.05, 4.69) is 40.1 Å². The molecule has 0 radical (unpaired) electrons. The third-order valence-corrected chi connectivity index (χ3v) is 7.30. The first-order valence-corrected chi connectivity index (χ1v) is 11.6. The Kier molecular flexibility index (Phi) is 5.94. The van der Waals surface area contributed by atoms with Crippen molar-refractivity contribution in [2.75, 3.05) is 13.1 Å². The van der Waals surface area contributed by atoms with Crippen LogP contribution in [0.5, 0.6) is 0 Å². The number of hydrogen-bond donors (Lipinski definition) is 0. The van der Waals surface area contributed by atoms with Gasteiger partial charge < -0.3 is 4.90 Å². The lowest BCUT2D eigenvalue weighted by molar-refractivity contribution is -0.385. The van der Waals surface area contributed by atoms with E-state index in [1.54, 1.807) is 30.2 Å². The van der Waals surface area contributed by atoms with Crippen LogP contribution in [0, 0.1) is 24.0 Å². The van der Waals surface area contributed by atoms with Gasteiger partial charge in [-0.25, -0.2) is 4.98 Å². The van der Waals surface area contributed by atoms with Crippen molar-refractivity contribution in [3.05, 3.63) is 60.1 Å². The Labute approximate surface area is 192 Å². The summed E-state index contributed by atoms with van der Waals surface area (Å²) in [5, 5.41) is 16.6. The quantitative estimate of drug-likeness (QED) is 0.374. The van der Waals surface area contributed by atoms with Crippen LogP contribution in [0.2, 0.25) is 0 Å². The second kappa shape index (κ2) is 8.51. The van der Waals surface area contributed by atoms with E-state index < -0.39 is 4.92 Å². The third kappa shape index (κ3) is 4.14. The van der Waals surface area contributed by atoms with E-state index in [1.165, 1.54) is 9.56 Å². The highest BCUT2D eigenvalue weighted by Crippen LogP contribution is 2.36. The molecule has 1 aliphatic rings. The van der Waals surface area contributed by atoms with Crippen LogP contribution in [0.1, 0.15) is 44.8 Å². The van der Waals surface area contributed by atoms with E-state index in [-0.39, 0.29) is 28.9 Å². The van der Waals surface area contributed by atoms with Crippen LogP contribution in [0.25, 0.3) is 11.3 Å². The molecule has 4 rings (SSSR count). The predicted octanol–water partition coefficient (Wildman–Crippen LogP) is 4.85. The van der Waals surface area contributed by atoms with Gasteiger partial charge in [0, 0.05) is 41.0 Å². The van der Waals surface area contributed by atoms with Crippen molar-refractivity contribution in [3.63, 3.8) is 0 Å². The number of amides is 1. The largest absolute Gasteiger partial charge is 0.337 e. The Morgan fingerprint density at radius 2 is 1.87 bits per heavy atom. The fraction of sp³-hybridized carbons (Fsp3) is 0.381. The van der Waals surface area contributed by atoms with Gasteiger partial charge in [-0.1, -0.05) is 28.1 Å². The minimum atomic E-state index is -0.523. The molecule has 1 aromatic carbocycles. The Hall–Kier alpha value is -2.59. The molecule has 0 aliphatic carbocycles. The van der Waals surface area contributed by atoms with Crippen molar-refractivity contribution in [3.8, 4) is 11.3 Å². The molecule has 1 aliphatic heterocycles. The molecule has 0 saturated carbocycles. The highest BCUT2D eigenvalue weighted by atomic mass is 79.9. The van der Waals surface area contributed by atoms with E-state index >= 15 is 0 Å². The van der Waals surface area contributed by atoms with Crippen LogP contribution in [0.4, 0.5) is 5.69 Å². The van der Waals surface area contributed by atoms with Crippen molar-refractivity contribution in [2.45, 2.75) is 32.6 Å². The smallest absolute Gasteiger partial charge is 0.322 e. The van der Waals surface area contributed by atoms with Crippen LogP contribution in [0.15, 0.2) is 28.7 Å². The lowest BCUT2D eigenvalue weighted by atomic mass is 9.97. The number of carbonyl (C=O) groups excluding carboxylic acids is 1. The van der Waals surface area contributed by atoms with Crippen LogP contribution < -0.4 is 0 Å². The molecule has 1 amide bonds. The molecule has 1 saturated heterocycles. The number of rotatable bonds is 4. The molecule has 0 bridgehead atoms. The highest BCUT2D eigenvalue weighted by molar-refractivity contribution is 9.10. The molecule has 0 atom stereocenters. The number of aryl methyl sites for hydroxylation is 3. The van der Waals surface area contributed by atoms with Gasteiger partial charge >= 0.3 is 5.69 Å². The number of carbonyl (C=O) groups is 1. The summed E-state index contributed by atoms with van der Waals surface area (Å²) in [6.45, 7) is 4.71. The molecule has 1 fully saturated rings. The van der Waals surface area contributed by atoms with Gasteiger partial charge in [0.1, 0.15) is 5.69 Å². The molecule has 0 spiro atoms. The Morgan fingerprint density at radius 3 is 2.48 bits per heavy atom. The maximum absolute atomic E-state index is 13.0. The lowest BCUT2D eigenvalue weighted by Gasteiger charge is -2.30. The molecule has 3 heterocycles. The monoisotopic (exact) mass is 503 g/mol. The minimum absolute atomic E-state index is 0.0450. The van der Waals surface area contributed by atoms with Gasteiger partial charge in [0.05, 0.1) is 15.6 Å². The number of nitro groups is 1. The summed E-state index contributed by atoms with van der Waals surface area (Å²) in [5.41, 5.74) is 2.19. The molecule has 0 N–H and O–H groups in total. The van der Waals surface area contributed by atoms with Crippen molar-refractivity contribution in [1.29, 1.82) is 0 Å². The van der Waals surface area contributed by atoms with E-state index in [9.17, 15) is 14.9 Å². The first-order chi connectivity index (χ1) is 14.8. The van der Waals surface area contributed by atoms with Crippen molar-refractivity contribution < 1.29 is 9.72 Å². The summed E-state index contributed by atoms with van der Waals surface area (Å²) in [7, 11) is 1.57. The van der Waals surface area contributed by atoms with Gasteiger partial charge in [-0.15, -0.1) is 11.3 Å². The summed E-state index contributed by atoms with van der Waals surface area (Å²) in [4.78, 5) is 31.7. The van der Waals surface area contributed by atoms with E-state index in [0.717, 1.165) is 33.6 Å². The highest BCUT2D eigenvalue weighted by Gasteiger charge is 2.34. The Bertz CT molecular complexity index is 1150. The van der Waals surface area contributed by atoms with Gasteiger partial charge in [-0.05, 0) is 38.8 Å². The Balaban J connectivity index is 1.49. The minimum Gasteiger partial charge on any atom is -0.337 e. The first kappa shape index (κ1) is 21.6. The third-order valence-electron chi connectivity index (χ3n) is 5.64. The van der Waals surface area contributed by atoms with Crippen molar-refractivity contribution >= 4 is 38.9 Å². The SMILES string of the molecule is Cc1nn(C)c(C(=O)N2CCC(c3nc(-c4ccc(Br)cc4)c(C)s3)CC2)c1[N+](=O)[O-]. The molecule has 2 aromatic heterocycles. The number of thiazole rings is 1. The molecule has 3 aromatic rings. The zero-order valence-electron chi connectivity index (χ0n) is 17.5. The second-order valence-corrected chi connectivity index (χ2v) is 9.84. The predicted molar refractivity (Wildman–Crippen MR) is 122 cm³/mol. The van der Waals surface area contributed by atoms with Gasteiger partial charge in [-0.3, -0.25) is 19.6 Å². The zero-order valence-corrected chi connectivity index (χ0v) is 19.9. The van der Waals surface area contributed by atoms with Crippen molar-refractivity contribution in [1.82, 2.24) is 19.7 Å². The molecule has 10 heteroatoms. The van der Waals surface area contributed by atoms with Crippen molar-refractivity contribution in [2.24, 2.45) is 7.05 Å². The summed E-state index contributed by atoms with van der Waals surface area (Å²) < 4.78 is 2.35.